The number of halogens is 1. The molecule has 1 aromatic rings. The summed E-state index contributed by atoms with van der Waals surface area (Å²) in [6, 6.07) is 3.79. The van der Waals surface area contributed by atoms with Crippen molar-refractivity contribution in [3.05, 3.63) is 64.7 Å². The number of allylic oxidation sites excluding steroid dienone is 6. The smallest absolute Gasteiger partial charge is 0.134 e. The molecule has 1 unspecified atom stereocenters. The third kappa shape index (κ3) is 3.07. The minimum atomic E-state index is 0.185. The molecule has 0 amide bonds. The van der Waals surface area contributed by atoms with Gasteiger partial charge in [0.25, 0.3) is 0 Å². The number of nitrogens with zero attached hydrogens (tertiary/aromatic N) is 1. The number of hydrogen-bond donors (Lipinski definition) is 1. The molecule has 0 aromatic heterocycles. The lowest BCUT2D eigenvalue weighted by molar-refractivity contribution is 0.312. The van der Waals surface area contributed by atoms with E-state index in [1.54, 1.807) is 0 Å². The molecule has 0 saturated heterocycles. The van der Waals surface area contributed by atoms with Crippen molar-refractivity contribution in [2.75, 3.05) is 20.1 Å². The molecule has 1 atom stereocenters. The van der Waals surface area contributed by atoms with E-state index in [4.69, 9.17) is 11.6 Å². The van der Waals surface area contributed by atoms with Crippen molar-refractivity contribution < 1.29 is 5.11 Å². The molecular formula is C18H20ClNO. The lowest BCUT2D eigenvalue weighted by Gasteiger charge is -2.26. The molecule has 3 rings (SSSR count). The molecule has 0 fully saturated rings. The monoisotopic (exact) mass is 301 g/mol. The molecule has 21 heavy (non-hydrogen) atoms. The topological polar surface area (TPSA) is 23.5 Å². The minimum Gasteiger partial charge on any atom is -0.506 e. The fraction of sp³-hybridized carbons (Fsp3) is 0.333. The molecule has 0 bridgehead atoms. The van der Waals surface area contributed by atoms with Gasteiger partial charge in [-0.25, -0.2) is 0 Å². The van der Waals surface area contributed by atoms with Gasteiger partial charge in [0.05, 0.1) is 5.02 Å². The Morgan fingerprint density at radius 1 is 1.14 bits per heavy atom. The molecule has 110 valence electrons. The van der Waals surface area contributed by atoms with Crippen LogP contribution in [0, 0.1) is 5.92 Å². The van der Waals surface area contributed by atoms with Crippen LogP contribution in [-0.4, -0.2) is 30.1 Å². The summed E-state index contributed by atoms with van der Waals surface area (Å²) in [5.41, 5.74) is 2.48. The van der Waals surface area contributed by atoms with E-state index < -0.39 is 0 Å². The summed E-state index contributed by atoms with van der Waals surface area (Å²) in [5.74, 6) is 0.854. The SMILES string of the molecule is CN1CCc2cc(Cl)c(O)cc2C(C2C=CC=CC=C2)C1. The molecule has 0 radical (unpaired) electrons. The second-order valence-corrected chi connectivity index (χ2v) is 6.26. The van der Waals surface area contributed by atoms with Crippen LogP contribution in [0.2, 0.25) is 5.02 Å². The number of aromatic hydroxyl groups is 1. The van der Waals surface area contributed by atoms with Gasteiger partial charge in [-0.15, -0.1) is 0 Å². The second-order valence-electron chi connectivity index (χ2n) is 5.85. The molecule has 1 N–H and O–H groups in total. The van der Waals surface area contributed by atoms with Crippen LogP contribution in [0.4, 0.5) is 0 Å². The van der Waals surface area contributed by atoms with E-state index in [9.17, 15) is 5.11 Å². The Kier molecular flexibility index (Phi) is 4.18. The fourth-order valence-electron chi connectivity index (χ4n) is 3.19. The van der Waals surface area contributed by atoms with Gasteiger partial charge in [-0.05, 0) is 36.7 Å². The average molecular weight is 302 g/mol. The van der Waals surface area contributed by atoms with Gasteiger partial charge in [0, 0.05) is 24.9 Å². The van der Waals surface area contributed by atoms with Gasteiger partial charge in [0.2, 0.25) is 0 Å². The Hall–Kier alpha value is -1.51. The van der Waals surface area contributed by atoms with Crippen LogP contribution in [0.3, 0.4) is 0 Å². The van der Waals surface area contributed by atoms with E-state index in [0.29, 0.717) is 16.9 Å². The Bertz CT molecular complexity index is 602. The maximum absolute atomic E-state index is 10.0. The van der Waals surface area contributed by atoms with E-state index in [2.05, 4.69) is 48.4 Å². The molecule has 0 spiro atoms. The molecule has 2 nitrogen and oxygen atoms in total. The van der Waals surface area contributed by atoms with E-state index in [0.717, 1.165) is 19.5 Å². The first kappa shape index (κ1) is 14.4. The third-order valence-corrected chi connectivity index (χ3v) is 4.65. The van der Waals surface area contributed by atoms with Crippen molar-refractivity contribution in [1.29, 1.82) is 0 Å². The first-order valence-corrected chi connectivity index (χ1v) is 7.74. The van der Waals surface area contributed by atoms with Gasteiger partial charge in [0.1, 0.15) is 5.75 Å². The fourth-order valence-corrected chi connectivity index (χ4v) is 3.38. The van der Waals surface area contributed by atoms with Crippen LogP contribution in [0.25, 0.3) is 0 Å². The summed E-state index contributed by atoms with van der Waals surface area (Å²) in [7, 11) is 2.16. The van der Waals surface area contributed by atoms with E-state index in [1.165, 1.54) is 11.1 Å². The van der Waals surface area contributed by atoms with Crippen molar-refractivity contribution in [2.45, 2.75) is 12.3 Å². The summed E-state index contributed by atoms with van der Waals surface area (Å²) < 4.78 is 0. The first-order valence-electron chi connectivity index (χ1n) is 7.36. The number of benzene rings is 1. The van der Waals surface area contributed by atoms with Crippen LogP contribution >= 0.6 is 11.6 Å². The average Bonchev–Trinajstić information content (AvgIpc) is 2.81. The molecular weight excluding hydrogens is 282 g/mol. The van der Waals surface area contributed by atoms with Crippen molar-refractivity contribution in [3.63, 3.8) is 0 Å². The summed E-state index contributed by atoms with van der Waals surface area (Å²) in [6.07, 6.45) is 13.8. The van der Waals surface area contributed by atoms with Crippen LogP contribution < -0.4 is 0 Å². The van der Waals surface area contributed by atoms with Crippen molar-refractivity contribution in [2.24, 2.45) is 5.92 Å². The minimum absolute atomic E-state index is 0.185. The van der Waals surface area contributed by atoms with Gasteiger partial charge in [-0.2, -0.15) is 0 Å². The Labute approximate surface area is 131 Å². The van der Waals surface area contributed by atoms with Gasteiger partial charge in [-0.1, -0.05) is 48.1 Å². The normalized spacial score (nSPS) is 22.9. The van der Waals surface area contributed by atoms with Gasteiger partial charge in [0.15, 0.2) is 0 Å². The van der Waals surface area contributed by atoms with Crippen LogP contribution in [0.15, 0.2) is 48.6 Å². The maximum atomic E-state index is 10.0. The Morgan fingerprint density at radius 2 is 1.86 bits per heavy atom. The zero-order valence-corrected chi connectivity index (χ0v) is 12.9. The largest absolute Gasteiger partial charge is 0.506 e. The highest BCUT2D eigenvalue weighted by Crippen LogP contribution is 2.38. The zero-order chi connectivity index (χ0) is 14.8. The van der Waals surface area contributed by atoms with Gasteiger partial charge in [-0.3, -0.25) is 0 Å². The van der Waals surface area contributed by atoms with Crippen LogP contribution in [0.5, 0.6) is 5.75 Å². The van der Waals surface area contributed by atoms with E-state index in [1.807, 2.05) is 12.1 Å². The summed E-state index contributed by atoms with van der Waals surface area (Å²) in [6.45, 7) is 2.00. The first-order chi connectivity index (χ1) is 10.1. The Balaban J connectivity index is 2.05. The third-order valence-electron chi connectivity index (χ3n) is 4.34. The second kappa shape index (κ2) is 6.08. The van der Waals surface area contributed by atoms with E-state index in [-0.39, 0.29) is 5.75 Å². The molecule has 1 heterocycles. The highest BCUT2D eigenvalue weighted by molar-refractivity contribution is 6.32. The number of phenols is 1. The molecule has 0 saturated carbocycles. The van der Waals surface area contributed by atoms with Crippen molar-refractivity contribution in [3.8, 4) is 5.75 Å². The maximum Gasteiger partial charge on any atom is 0.134 e. The van der Waals surface area contributed by atoms with E-state index >= 15 is 0 Å². The molecule has 2 aliphatic rings. The van der Waals surface area contributed by atoms with Crippen molar-refractivity contribution in [1.82, 2.24) is 4.90 Å². The quantitative estimate of drug-likeness (QED) is 0.850. The van der Waals surface area contributed by atoms with Crippen molar-refractivity contribution >= 4 is 11.6 Å². The van der Waals surface area contributed by atoms with Gasteiger partial charge < -0.3 is 10.0 Å². The number of rotatable bonds is 1. The summed E-state index contributed by atoms with van der Waals surface area (Å²) >= 11 is 6.09. The standard InChI is InChI=1S/C18H20ClNO/c1-20-9-8-14-10-17(19)18(21)11-15(14)16(12-20)13-6-4-2-3-5-7-13/h2-7,10-11,13,16,21H,8-9,12H2,1H3. The molecule has 1 aliphatic heterocycles. The number of likely N-dealkylation sites (N-methyl/N-ethyl adjacent to an activating group) is 1. The lowest BCUT2D eigenvalue weighted by Crippen LogP contribution is -2.26. The highest BCUT2D eigenvalue weighted by atomic mass is 35.5. The lowest BCUT2D eigenvalue weighted by atomic mass is 9.83. The molecule has 1 aromatic carbocycles. The number of fused-ring (bicyclic) bond motifs is 1. The molecule has 1 aliphatic carbocycles. The highest BCUT2D eigenvalue weighted by Gasteiger charge is 2.27. The Morgan fingerprint density at radius 3 is 2.57 bits per heavy atom. The number of phenolic OH excluding ortho intramolecular Hbond substituents is 1. The molecule has 3 heteroatoms. The van der Waals surface area contributed by atoms with Crippen LogP contribution in [0.1, 0.15) is 17.0 Å². The summed E-state index contributed by atoms with van der Waals surface area (Å²) in [4.78, 5) is 2.36. The zero-order valence-electron chi connectivity index (χ0n) is 12.2. The predicted octanol–water partition coefficient (Wildman–Crippen LogP) is 3.92. The van der Waals surface area contributed by atoms with Gasteiger partial charge >= 0.3 is 0 Å². The summed E-state index contributed by atoms with van der Waals surface area (Å²) in [5, 5.41) is 10.5. The predicted molar refractivity (Wildman–Crippen MR) is 88.0 cm³/mol. The number of hydrogen-bond acceptors (Lipinski definition) is 2. The van der Waals surface area contributed by atoms with Crippen LogP contribution in [-0.2, 0) is 6.42 Å².